The zero-order chi connectivity index (χ0) is 37.8. The number of ether oxygens (including phenoxy) is 1. The van der Waals surface area contributed by atoms with E-state index in [0.29, 0.717) is 5.69 Å². The smallest absolute Gasteiger partial charge is 0.384 e. The van der Waals surface area contributed by atoms with Gasteiger partial charge in [-0.25, -0.2) is 9.48 Å². The van der Waals surface area contributed by atoms with Gasteiger partial charge in [-0.1, -0.05) is 37.3 Å². The van der Waals surface area contributed by atoms with Gasteiger partial charge < -0.3 is 31.1 Å². The Morgan fingerprint density at radius 1 is 1.06 bits per heavy atom. The number of nitrogens with two attached hydrogens (primary N) is 1. The van der Waals surface area contributed by atoms with Crippen LogP contribution in [0.3, 0.4) is 0 Å². The van der Waals surface area contributed by atoms with Crippen molar-refractivity contribution in [3.05, 3.63) is 41.7 Å². The van der Waals surface area contributed by atoms with Crippen molar-refractivity contribution in [2.24, 2.45) is 16.6 Å². The van der Waals surface area contributed by atoms with Crippen LogP contribution >= 0.6 is 0 Å². The number of urea groups is 1. The van der Waals surface area contributed by atoms with Crippen molar-refractivity contribution in [1.29, 1.82) is 0 Å². The minimum Gasteiger partial charge on any atom is -0.384 e. The number of halogens is 3. The molecule has 1 aromatic heterocycles. The minimum absolute atomic E-state index is 0.00296. The number of ketones is 1. The van der Waals surface area contributed by atoms with Gasteiger partial charge in [-0.05, 0) is 50.5 Å². The molecule has 0 spiro atoms. The first kappa shape index (κ1) is 38.5. The lowest BCUT2D eigenvalue weighted by molar-refractivity contribution is -0.146. The number of nitrogens with zero attached hydrogens (tertiary/aromatic N) is 5. The van der Waals surface area contributed by atoms with Gasteiger partial charge in [-0.15, -0.1) is 5.10 Å². The van der Waals surface area contributed by atoms with Crippen molar-refractivity contribution in [3.63, 3.8) is 0 Å². The molecule has 2 atom stereocenters. The third-order valence-corrected chi connectivity index (χ3v) is 9.91. The number of nitrogens with one attached hydrogen (secondary N) is 2. The molecule has 1 aromatic carbocycles. The summed E-state index contributed by atoms with van der Waals surface area (Å²) in [5.74, 6) is -3.75. The van der Waals surface area contributed by atoms with Crippen LogP contribution in [0.1, 0.15) is 88.9 Å². The van der Waals surface area contributed by atoms with E-state index in [9.17, 15) is 42.3 Å². The topological polar surface area (TPSA) is 211 Å². The first-order chi connectivity index (χ1) is 24.5. The Kier molecular flexibility index (Phi) is 11.5. The van der Waals surface area contributed by atoms with E-state index in [-0.39, 0.29) is 62.8 Å². The summed E-state index contributed by atoms with van der Waals surface area (Å²) in [6.07, 6.45) is 1.14. The second kappa shape index (κ2) is 15.5. The quantitative estimate of drug-likeness (QED) is 0.209. The van der Waals surface area contributed by atoms with E-state index in [1.807, 2.05) is 0 Å². The number of aliphatic imine (C=N–C) groups is 1. The number of benzene rings is 1. The standard InChI is InChI=1S/C34H43F3N8O7/c1-32(2,51)26-18-39-43-45(26)23-17-25(29(48)42-33(27(46)28(38)47)12-14-52-15-13-33)44(19-23)30(49)24(16-20-6-4-3-5-7-20)41-31(50)40-22-10-8-21(9-11-22)34(35,36)37/h8-11,18,20,23,25,51H,3-7,12-17,19H2,1-2H3,(H2,38,47)(H,40,50)(H,42,48)/t23-,25-/m0/s1. The molecule has 15 nitrogen and oxygen atoms in total. The van der Waals surface area contributed by atoms with Gasteiger partial charge in [0.15, 0.2) is 0 Å². The monoisotopic (exact) mass is 732 g/mol. The number of aromatic nitrogens is 3. The van der Waals surface area contributed by atoms with Gasteiger partial charge >= 0.3 is 12.2 Å². The summed E-state index contributed by atoms with van der Waals surface area (Å²) in [6.45, 7) is 3.05. The Bertz CT molecular complexity index is 1690. The number of carbonyl (C=O) groups excluding carboxylic acids is 5. The van der Waals surface area contributed by atoms with Crippen molar-refractivity contribution in [2.45, 2.75) is 101 Å². The molecule has 1 aliphatic carbocycles. The second-order valence-electron chi connectivity index (χ2n) is 14.1. The molecule has 2 aromatic rings. The molecule has 3 fully saturated rings. The molecule has 18 heteroatoms. The SMILES string of the molecule is CC(C)(O)c1cnnn1[C@H]1C[C@@H](C(=O)NC2(C(=O)C(N)=O)CCOCC2)N(C(=O)C(CC2CCCCC2)=NC(=O)Nc2ccc(C(F)(F)F)cc2)C1. The van der Waals surface area contributed by atoms with Crippen LogP contribution in [0.15, 0.2) is 35.5 Å². The Labute approximate surface area is 297 Å². The summed E-state index contributed by atoms with van der Waals surface area (Å²) in [5, 5.41) is 24.0. The summed E-state index contributed by atoms with van der Waals surface area (Å²) in [4.78, 5) is 72.4. The molecular formula is C34H43F3N8O7. The third kappa shape index (κ3) is 8.83. The van der Waals surface area contributed by atoms with Gasteiger partial charge in [0.05, 0.1) is 23.5 Å². The highest BCUT2D eigenvalue weighted by molar-refractivity contribution is 6.41. The molecule has 2 aliphatic heterocycles. The van der Waals surface area contributed by atoms with Crippen LogP contribution in [0.2, 0.25) is 0 Å². The number of rotatable bonds is 10. The lowest BCUT2D eigenvalue weighted by atomic mass is 9.84. The Balaban J connectivity index is 1.49. The van der Waals surface area contributed by atoms with Crippen LogP contribution in [-0.4, -0.2) is 91.6 Å². The zero-order valence-electron chi connectivity index (χ0n) is 28.9. The van der Waals surface area contributed by atoms with E-state index >= 15 is 0 Å². The molecule has 52 heavy (non-hydrogen) atoms. The highest BCUT2D eigenvalue weighted by atomic mass is 19.4. The maximum Gasteiger partial charge on any atom is 0.416 e. The second-order valence-corrected chi connectivity index (χ2v) is 14.1. The molecule has 1 saturated carbocycles. The fraction of sp³-hybridized carbons (Fsp3) is 0.588. The number of Topliss-reactive ketones (excluding diaryl/α,β-unsaturated/α-hetero) is 1. The van der Waals surface area contributed by atoms with E-state index in [0.717, 1.165) is 56.4 Å². The third-order valence-electron chi connectivity index (χ3n) is 9.91. The largest absolute Gasteiger partial charge is 0.416 e. The van der Waals surface area contributed by atoms with Crippen molar-refractivity contribution >= 4 is 40.9 Å². The van der Waals surface area contributed by atoms with E-state index in [1.54, 1.807) is 0 Å². The minimum atomic E-state index is -4.58. The molecular weight excluding hydrogens is 689 g/mol. The van der Waals surface area contributed by atoms with Crippen LogP contribution in [0.5, 0.6) is 0 Å². The first-order valence-corrected chi connectivity index (χ1v) is 17.2. The summed E-state index contributed by atoms with van der Waals surface area (Å²) < 4.78 is 46.0. The van der Waals surface area contributed by atoms with Gasteiger partial charge in [0, 0.05) is 44.7 Å². The maximum absolute atomic E-state index is 14.5. The van der Waals surface area contributed by atoms with E-state index in [2.05, 4.69) is 25.9 Å². The summed E-state index contributed by atoms with van der Waals surface area (Å²) in [7, 11) is 0. The highest BCUT2D eigenvalue weighted by Gasteiger charge is 2.49. The van der Waals surface area contributed by atoms with E-state index < -0.39 is 64.5 Å². The number of hydrogen-bond donors (Lipinski definition) is 4. The average Bonchev–Trinajstić information content (AvgIpc) is 3.77. The molecule has 282 valence electrons. The molecule has 0 bridgehead atoms. The van der Waals surface area contributed by atoms with Crippen molar-refractivity contribution in [2.75, 3.05) is 25.1 Å². The number of amides is 5. The zero-order valence-corrected chi connectivity index (χ0v) is 28.9. The van der Waals surface area contributed by atoms with Gasteiger partial charge in [0.1, 0.15) is 22.9 Å². The van der Waals surface area contributed by atoms with Crippen LogP contribution in [-0.2, 0) is 35.7 Å². The van der Waals surface area contributed by atoms with E-state index in [4.69, 9.17) is 10.5 Å². The summed E-state index contributed by atoms with van der Waals surface area (Å²) >= 11 is 0. The maximum atomic E-state index is 14.5. The van der Waals surface area contributed by atoms with Gasteiger partial charge in [-0.3, -0.25) is 19.2 Å². The molecule has 0 unspecified atom stereocenters. The number of alkyl halides is 3. The van der Waals surface area contributed by atoms with E-state index in [1.165, 1.54) is 29.6 Å². The number of hydrogen-bond acceptors (Lipinski definition) is 9. The van der Waals surface area contributed by atoms with Crippen molar-refractivity contribution in [3.8, 4) is 0 Å². The highest BCUT2D eigenvalue weighted by Crippen LogP contribution is 2.34. The van der Waals surface area contributed by atoms with Crippen LogP contribution in [0.25, 0.3) is 0 Å². The Morgan fingerprint density at radius 3 is 2.31 bits per heavy atom. The molecule has 2 saturated heterocycles. The molecule has 5 rings (SSSR count). The molecule has 3 aliphatic rings. The molecule has 3 heterocycles. The first-order valence-electron chi connectivity index (χ1n) is 17.2. The number of primary amides is 1. The van der Waals surface area contributed by atoms with Gasteiger partial charge in [0.2, 0.25) is 11.7 Å². The molecule has 5 amide bonds. The Morgan fingerprint density at radius 2 is 1.71 bits per heavy atom. The number of aliphatic hydroxyl groups is 1. The van der Waals surface area contributed by atoms with Gasteiger partial charge in [0.25, 0.3) is 11.8 Å². The normalized spacial score (nSPS) is 21.4. The van der Waals surface area contributed by atoms with Crippen LogP contribution < -0.4 is 16.4 Å². The predicted octanol–water partition coefficient (Wildman–Crippen LogP) is 3.03. The van der Waals surface area contributed by atoms with Gasteiger partial charge in [-0.2, -0.15) is 18.2 Å². The summed E-state index contributed by atoms with van der Waals surface area (Å²) in [6, 6.07) is 0.807. The fourth-order valence-corrected chi connectivity index (χ4v) is 7.13. The summed E-state index contributed by atoms with van der Waals surface area (Å²) in [5.41, 5.74) is 1.56. The lowest BCUT2D eigenvalue weighted by Gasteiger charge is -2.37. The lowest BCUT2D eigenvalue weighted by Crippen LogP contribution is -2.63. The van der Waals surface area contributed by atoms with Crippen LogP contribution in [0, 0.1) is 5.92 Å². The fourth-order valence-electron chi connectivity index (χ4n) is 7.13. The number of carbonyl (C=O) groups is 5. The Hall–Kier alpha value is -4.71. The average molecular weight is 733 g/mol. The number of anilines is 1. The molecule has 0 radical (unpaired) electrons. The van der Waals surface area contributed by atoms with Crippen molar-refractivity contribution < 1.29 is 47.0 Å². The van der Waals surface area contributed by atoms with Crippen molar-refractivity contribution in [1.82, 2.24) is 25.2 Å². The molecule has 5 N–H and O–H groups in total. The van der Waals surface area contributed by atoms with Crippen LogP contribution in [0.4, 0.5) is 23.7 Å². The number of likely N-dealkylation sites (tertiary alicyclic amines) is 1. The predicted molar refractivity (Wildman–Crippen MR) is 179 cm³/mol.